The Hall–Kier alpha value is -2.29. The molecule has 0 bridgehead atoms. The molecule has 2 rings (SSSR count). The van der Waals surface area contributed by atoms with Gasteiger partial charge in [-0.3, -0.25) is 4.72 Å². The molecule has 6 nitrogen and oxygen atoms in total. The zero-order valence-corrected chi connectivity index (χ0v) is 12.6. The Bertz CT molecular complexity index is 797. The van der Waals surface area contributed by atoms with E-state index in [9.17, 15) is 17.2 Å². The number of ether oxygens (including phenoxy) is 1. The highest BCUT2D eigenvalue weighted by molar-refractivity contribution is 7.92. The normalized spacial score (nSPS) is 11.3. The number of nitrogens with zero attached hydrogens (tertiary/aromatic N) is 2. The SMILES string of the molecule is CCS(=O)(=O)Nc1ncc(Oc2ccc(F)cc2F)c(C)n1. The monoisotopic (exact) mass is 329 g/mol. The number of anilines is 1. The van der Waals surface area contributed by atoms with E-state index in [4.69, 9.17) is 4.74 Å². The highest BCUT2D eigenvalue weighted by atomic mass is 32.2. The molecule has 9 heteroatoms. The molecular weight excluding hydrogens is 316 g/mol. The first kappa shape index (κ1) is 16.1. The number of hydrogen-bond acceptors (Lipinski definition) is 5. The molecule has 118 valence electrons. The van der Waals surface area contributed by atoms with Crippen molar-refractivity contribution in [3.05, 3.63) is 41.7 Å². The van der Waals surface area contributed by atoms with Gasteiger partial charge in [0.15, 0.2) is 17.3 Å². The van der Waals surface area contributed by atoms with Gasteiger partial charge in [-0.05, 0) is 26.0 Å². The summed E-state index contributed by atoms with van der Waals surface area (Å²) in [5.41, 5.74) is 0.299. The van der Waals surface area contributed by atoms with Crippen molar-refractivity contribution in [2.24, 2.45) is 0 Å². The maximum Gasteiger partial charge on any atom is 0.236 e. The fraction of sp³-hybridized carbons (Fsp3) is 0.231. The van der Waals surface area contributed by atoms with E-state index in [0.717, 1.165) is 12.1 Å². The van der Waals surface area contributed by atoms with Gasteiger partial charge >= 0.3 is 0 Å². The molecule has 0 unspecified atom stereocenters. The Kier molecular flexibility index (Phi) is 4.55. The summed E-state index contributed by atoms with van der Waals surface area (Å²) in [5.74, 6) is -1.86. The van der Waals surface area contributed by atoms with Gasteiger partial charge in [-0.15, -0.1) is 0 Å². The fourth-order valence-corrected chi connectivity index (χ4v) is 2.01. The standard InChI is InChI=1S/C13H13F2N3O3S/c1-3-22(19,20)18-13-16-7-12(8(2)17-13)21-11-5-4-9(14)6-10(11)15/h4-7H,3H2,1-2H3,(H,16,17,18). The minimum atomic E-state index is -3.49. The van der Waals surface area contributed by atoms with E-state index < -0.39 is 21.7 Å². The highest BCUT2D eigenvalue weighted by Gasteiger charge is 2.13. The lowest BCUT2D eigenvalue weighted by molar-refractivity contribution is 0.431. The Morgan fingerprint density at radius 1 is 1.27 bits per heavy atom. The summed E-state index contributed by atoms with van der Waals surface area (Å²) in [4.78, 5) is 7.72. The summed E-state index contributed by atoms with van der Waals surface area (Å²) in [7, 11) is -3.49. The second kappa shape index (κ2) is 6.22. The molecule has 0 saturated heterocycles. The minimum Gasteiger partial charge on any atom is -0.451 e. The number of aryl methyl sites for hydroxylation is 1. The van der Waals surface area contributed by atoms with E-state index in [-0.39, 0.29) is 23.2 Å². The van der Waals surface area contributed by atoms with Crippen molar-refractivity contribution in [3.8, 4) is 11.5 Å². The van der Waals surface area contributed by atoms with Crippen LogP contribution in [0, 0.1) is 18.6 Å². The first-order valence-corrected chi connectivity index (χ1v) is 7.93. The van der Waals surface area contributed by atoms with Crippen molar-refractivity contribution in [1.29, 1.82) is 0 Å². The largest absolute Gasteiger partial charge is 0.451 e. The fourth-order valence-electron chi connectivity index (χ4n) is 1.49. The van der Waals surface area contributed by atoms with Crippen LogP contribution in [0.5, 0.6) is 11.5 Å². The number of sulfonamides is 1. The van der Waals surface area contributed by atoms with Crippen molar-refractivity contribution in [2.75, 3.05) is 10.5 Å². The number of hydrogen-bond donors (Lipinski definition) is 1. The third-order valence-corrected chi connectivity index (χ3v) is 3.93. The molecule has 0 aliphatic rings. The summed E-state index contributed by atoms with van der Waals surface area (Å²) in [6.07, 6.45) is 1.21. The van der Waals surface area contributed by atoms with E-state index >= 15 is 0 Å². The van der Waals surface area contributed by atoms with Crippen LogP contribution < -0.4 is 9.46 Å². The zero-order valence-electron chi connectivity index (χ0n) is 11.8. The maximum absolute atomic E-state index is 13.5. The first-order chi connectivity index (χ1) is 10.3. The van der Waals surface area contributed by atoms with Crippen LogP contribution in [-0.2, 0) is 10.0 Å². The van der Waals surface area contributed by atoms with Gasteiger partial charge in [-0.2, -0.15) is 0 Å². The van der Waals surface area contributed by atoms with Crippen molar-refractivity contribution in [1.82, 2.24) is 9.97 Å². The van der Waals surface area contributed by atoms with Crippen LogP contribution in [0.4, 0.5) is 14.7 Å². The van der Waals surface area contributed by atoms with Crippen molar-refractivity contribution in [2.45, 2.75) is 13.8 Å². The summed E-state index contributed by atoms with van der Waals surface area (Å²) in [6.45, 7) is 3.02. The third-order valence-electron chi connectivity index (χ3n) is 2.67. The van der Waals surface area contributed by atoms with Gasteiger partial charge in [0.2, 0.25) is 16.0 Å². The molecular formula is C13H13F2N3O3S. The van der Waals surface area contributed by atoms with Gasteiger partial charge < -0.3 is 4.74 Å². The molecule has 1 N–H and O–H groups in total. The van der Waals surface area contributed by atoms with Crippen LogP contribution in [0.3, 0.4) is 0 Å². The number of nitrogens with one attached hydrogen (secondary N) is 1. The summed E-state index contributed by atoms with van der Waals surface area (Å²) in [5, 5.41) is 0. The van der Waals surface area contributed by atoms with Gasteiger partial charge in [0.25, 0.3) is 0 Å². The third kappa shape index (κ3) is 3.88. The molecule has 0 spiro atoms. The molecule has 1 heterocycles. The Morgan fingerprint density at radius 2 is 2.00 bits per heavy atom. The second-order valence-corrected chi connectivity index (χ2v) is 6.34. The number of benzene rings is 1. The smallest absolute Gasteiger partial charge is 0.236 e. The summed E-state index contributed by atoms with van der Waals surface area (Å²) >= 11 is 0. The predicted molar refractivity (Wildman–Crippen MR) is 76.3 cm³/mol. The Balaban J connectivity index is 2.23. The Labute approximate surface area is 126 Å². The summed E-state index contributed by atoms with van der Waals surface area (Å²) in [6, 6.07) is 2.88. The van der Waals surface area contributed by atoms with Crippen molar-refractivity contribution >= 4 is 16.0 Å². The lowest BCUT2D eigenvalue weighted by atomic mass is 10.3. The molecule has 0 amide bonds. The van der Waals surface area contributed by atoms with Crippen molar-refractivity contribution in [3.63, 3.8) is 0 Å². The number of rotatable bonds is 5. The van der Waals surface area contributed by atoms with E-state index in [0.29, 0.717) is 11.8 Å². The molecule has 0 aliphatic heterocycles. The molecule has 0 saturated carbocycles. The van der Waals surface area contributed by atoms with Gasteiger partial charge in [-0.25, -0.2) is 27.2 Å². The zero-order chi connectivity index (χ0) is 16.3. The Morgan fingerprint density at radius 3 is 2.59 bits per heavy atom. The molecule has 22 heavy (non-hydrogen) atoms. The van der Waals surface area contributed by atoms with E-state index in [1.165, 1.54) is 13.1 Å². The highest BCUT2D eigenvalue weighted by Crippen LogP contribution is 2.26. The maximum atomic E-state index is 13.5. The van der Waals surface area contributed by atoms with Crippen LogP contribution in [0.2, 0.25) is 0 Å². The molecule has 0 atom stereocenters. The van der Waals surface area contributed by atoms with E-state index in [2.05, 4.69) is 14.7 Å². The van der Waals surface area contributed by atoms with Crippen LogP contribution in [0.15, 0.2) is 24.4 Å². The van der Waals surface area contributed by atoms with E-state index in [1.807, 2.05) is 0 Å². The van der Waals surface area contributed by atoms with Gasteiger partial charge in [0, 0.05) is 6.07 Å². The van der Waals surface area contributed by atoms with Crippen LogP contribution in [0.25, 0.3) is 0 Å². The number of aromatic nitrogens is 2. The van der Waals surface area contributed by atoms with Crippen LogP contribution >= 0.6 is 0 Å². The molecule has 0 aliphatic carbocycles. The van der Waals surface area contributed by atoms with Gasteiger partial charge in [0.05, 0.1) is 17.6 Å². The molecule has 0 radical (unpaired) electrons. The van der Waals surface area contributed by atoms with Crippen molar-refractivity contribution < 1.29 is 21.9 Å². The molecule has 1 aromatic carbocycles. The average Bonchev–Trinajstić information content (AvgIpc) is 2.44. The van der Waals surface area contributed by atoms with E-state index in [1.54, 1.807) is 6.92 Å². The van der Waals surface area contributed by atoms with Gasteiger partial charge in [0.1, 0.15) is 5.82 Å². The first-order valence-electron chi connectivity index (χ1n) is 6.28. The second-order valence-electron chi connectivity index (χ2n) is 4.33. The average molecular weight is 329 g/mol. The van der Waals surface area contributed by atoms with Crippen LogP contribution in [-0.4, -0.2) is 24.1 Å². The quantitative estimate of drug-likeness (QED) is 0.912. The molecule has 0 fully saturated rings. The summed E-state index contributed by atoms with van der Waals surface area (Å²) < 4.78 is 56.6. The lowest BCUT2D eigenvalue weighted by Crippen LogP contribution is -2.16. The number of halogens is 2. The molecule has 2 aromatic rings. The topological polar surface area (TPSA) is 81.2 Å². The minimum absolute atomic E-state index is 0.105. The predicted octanol–water partition coefficient (Wildman–Crippen LogP) is 2.62. The molecule has 1 aromatic heterocycles. The van der Waals surface area contributed by atoms with Crippen LogP contribution in [0.1, 0.15) is 12.6 Å². The van der Waals surface area contributed by atoms with Gasteiger partial charge in [-0.1, -0.05) is 0 Å². The lowest BCUT2D eigenvalue weighted by Gasteiger charge is -2.10.